The number of carbonyl (C=O) groups is 1. The lowest BCUT2D eigenvalue weighted by molar-refractivity contribution is -0.127. The molecule has 0 radical (unpaired) electrons. The SMILES string of the molecule is C.Cc1ccc(-n2nc(C(C)(C)C)cc2CC(C)(C)C(=O)CCc2cc(F)ccc2Oc2ccc3c(cnn3CCO)c2)cc1.Cc1ccc(-n2nc(C(C)(C)C)cc2N)cc1. The average molecular weight is 842 g/mol. The molecule has 10 nitrogen and oxygen atoms in total. The second kappa shape index (κ2) is 18.9. The molecule has 3 heterocycles. The summed E-state index contributed by atoms with van der Waals surface area (Å²) < 4.78 is 26.0. The van der Waals surface area contributed by atoms with Gasteiger partial charge in [0.25, 0.3) is 0 Å². The van der Waals surface area contributed by atoms with Crippen molar-refractivity contribution in [1.82, 2.24) is 29.3 Å². The number of anilines is 1. The van der Waals surface area contributed by atoms with E-state index in [1.807, 2.05) is 54.9 Å². The van der Waals surface area contributed by atoms with Crippen molar-refractivity contribution in [3.8, 4) is 22.9 Å². The molecule has 0 amide bonds. The number of benzene rings is 4. The number of fused-ring (bicyclic) bond motifs is 1. The fourth-order valence-electron chi connectivity index (χ4n) is 6.99. The molecule has 11 heteroatoms. The Bertz CT molecular complexity index is 2600. The maximum absolute atomic E-state index is 14.4. The number of Topliss-reactive ketones (excluding diaryl/α,β-unsaturated/α-hetero) is 1. The molecule has 0 atom stereocenters. The lowest BCUT2D eigenvalue weighted by atomic mass is 9.80. The predicted molar refractivity (Wildman–Crippen MR) is 249 cm³/mol. The van der Waals surface area contributed by atoms with E-state index in [1.165, 1.54) is 23.3 Å². The van der Waals surface area contributed by atoms with E-state index in [0.717, 1.165) is 39.4 Å². The van der Waals surface area contributed by atoms with Gasteiger partial charge in [-0.3, -0.25) is 9.48 Å². The molecule has 0 spiro atoms. The lowest BCUT2D eigenvalue weighted by Gasteiger charge is -2.24. The number of aromatic nitrogens is 6. The predicted octanol–water partition coefficient (Wildman–Crippen LogP) is 11.2. The third-order valence-corrected chi connectivity index (χ3v) is 10.8. The summed E-state index contributed by atoms with van der Waals surface area (Å²) in [7, 11) is 0. The maximum atomic E-state index is 14.4. The van der Waals surface area contributed by atoms with Crippen molar-refractivity contribution >= 4 is 22.5 Å². The van der Waals surface area contributed by atoms with E-state index >= 15 is 0 Å². The highest BCUT2D eigenvalue weighted by Crippen LogP contribution is 2.33. The van der Waals surface area contributed by atoms with Crippen molar-refractivity contribution in [2.45, 2.75) is 113 Å². The number of halogens is 1. The molecule has 0 aliphatic carbocycles. The van der Waals surface area contributed by atoms with Gasteiger partial charge in [0.1, 0.15) is 28.9 Å². The van der Waals surface area contributed by atoms with E-state index in [1.54, 1.807) is 21.6 Å². The Labute approximate surface area is 366 Å². The van der Waals surface area contributed by atoms with Gasteiger partial charge < -0.3 is 15.6 Å². The second-order valence-corrected chi connectivity index (χ2v) is 18.6. The normalized spacial score (nSPS) is 11.9. The van der Waals surface area contributed by atoms with Crippen LogP contribution in [0, 0.1) is 25.1 Å². The van der Waals surface area contributed by atoms with Gasteiger partial charge in [-0.2, -0.15) is 15.3 Å². The number of nitrogens with two attached hydrogens (primary N) is 1. The topological polar surface area (TPSA) is 126 Å². The molecule has 3 N–H and O–H groups in total. The Hall–Kier alpha value is -6.07. The number of aryl methyl sites for hydroxylation is 3. The standard InChI is InChI=1S/C36H41FN4O3.C14H19N3.CH4/c1-24-7-11-28(12-8-24)41-29(21-33(39-41)35(2,3)4)22-36(5,6)34(43)16-9-25-19-27(37)10-15-32(25)44-30-13-14-31-26(20-30)23-38-40(31)17-18-42;1-10-5-7-11(8-6-10)17-13(15)9-12(16-17)14(2,3)4;/h7-8,10-15,19-21,23,42H,9,16-18,22H2,1-6H3;5-9H,15H2,1-4H3;1H4. The quantitative estimate of drug-likeness (QED) is 0.125. The molecule has 0 saturated heterocycles. The van der Waals surface area contributed by atoms with Crippen LogP contribution >= 0.6 is 0 Å². The van der Waals surface area contributed by atoms with Crippen LogP contribution in [-0.2, 0) is 35.0 Å². The van der Waals surface area contributed by atoms with Crippen LogP contribution in [0.3, 0.4) is 0 Å². The van der Waals surface area contributed by atoms with Crippen LogP contribution in [0.4, 0.5) is 10.2 Å². The molecule has 62 heavy (non-hydrogen) atoms. The minimum absolute atomic E-state index is 0. The molecule has 7 rings (SSSR count). The smallest absolute Gasteiger partial charge is 0.139 e. The summed E-state index contributed by atoms with van der Waals surface area (Å²) in [6.07, 6.45) is 2.82. The number of ether oxygens (including phenoxy) is 1. The van der Waals surface area contributed by atoms with Gasteiger partial charge in [0, 0.05) is 46.2 Å². The molecule has 3 aromatic heterocycles. The zero-order valence-electron chi connectivity index (χ0n) is 37.3. The van der Waals surface area contributed by atoms with E-state index in [9.17, 15) is 14.3 Å². The second-order valence-electron chi connectivity index (χ2n) is 18.6. The van der Waals surface area contributed by atoms with E-state index in [0.29, 0.717) is 42.3 Å². The molecular weight excluding hydrogens is 778 g/mol. The highest BCUT2D eigenvalue weighted by Gasteiger charge is 2.31. The average Bonchev–Trinajstić information content (AvgIpc) is 3.92. The van der Waals surface area contributed by atoms with Crippen LogP contribution < -0.4 is 10.5 Å². The molecule has 328 valence electrons. The van der Waals surface area contributed by atoms with Crippen LogP contribution in [0.15, 0.2) is 103 Å². The molecule has 0 unspecified atom stereocenters. The Morgan fingerprint density at radius 1 is 0.758 bits per heavy atom. The number of nitrogen functional groups attached to an aromatic ring is 1. The highest BCUT2D eigenvalue weighted by atomic mass is 19.1. The summed E-state index contributed by atoms with van der Waals surface area (Å²) in [5.74, 6) is 1.47. The molecule has 4 aromatic carbocycles. The van der Waals surface area contributed by atoms with Crippen LogP contribution in [0.5, 0.6) is 11.5 Å². The van der Waals surface area contributed by atoms with E-state index < -0.39 is 5.41 Å². The number of rotatable bonds is 12. The highest BCUT2D eigenvalue weighted by molar-refractivity contribution is 5.84. The Balaban J connectivity index is 0.000000337. The third kappa shape index (κ3) is 11.2. The zero-order valence-corrected chi connectivity index (χ0v) is 37.3. The van der Waals surface area contributed by atoms with Gasteiger partial charge in [-0.05, 0) is 92.6 Å². The summed E-state index contributed by atoms with van der Waals surface area (Å²) in [6.45, 7) is 21.3. The van der Waals surface area contributed by atoms with Crippen molar-refractivity contribution in [3.63, 3.8) is 0 Å². The van der Waals surface area contributed by atoms with Gasteiger partial charge in [0.15, 0.2) is 0 Å². The van der Waals surface area contributed by atoms with E-state index in [-0.39, 0.29) is 42.9 Å². The van der Waals surface area contributed by atoms with Gasteiger partial charge in [-0.1, -0.05) is 98.2 Å². The number of nitrogens with zero attached hydrogens (tertiary/aromatic N) is 6. The number of aliphatic hydroxyl groups excluding tert-OH is 1. The number of aliphatic hydroxyl groups is 1. The minimum Gasteiger partial charge on any atom is -0.457 e. The van der Waals surface area contributed by atoms with Crippen LogP contribution in [0.25, 0.3) is 22.3 Å². The molecule has 0 saturated carbocycles. The summed E-state index contributed by atoms with van der Waals surface area (Å²) in [5.41, 5.74) is 14.0. The fourth-order valence-corrected chi connectivity index (χ4v) is 6.99. The van der Waals surface area contributed by atoms with Crippen LogP contribution in [-0.4, -0.2) is 46.8 Å². The van der Waals surface area contributed by atoms with Crippen molar-refractivity contribution in [3.05, 3.63) is 143 Å². The van der Waals surface area contributed by atoms with Crippen LogP contribution in [0.2, 0.25) is 0 Å². The minimum atomic E-state index is -0.675. The van der Waals surface area contributed by atoms with E-state index in [2.05, 4.69) is 108 Å². The van der Waals surface area contributed by atoms with Crippen molar-refractivity contribution in [1.29, 1.82) is 0 Å². The molecule has 0 aliphatic heterocycles. The Kier molecular flexibility index (Phi) is 14.3. The maximum Gasteiger partial charge on any atom is 0.139 e. The summed E-state index contributed by atoms with van der Waals surface area (Å²) in [5, 5.41) is 24.0. The summed E-state index contributed by atoms with van der Waals surface area (Å²) in [6, 6.07) is 30.5. The van der Waals surface area contributed by atoms with Crippen molar-refractivity contribution < 1.29 is 19.0 Å². The summed E-state index contributed by atoms with van der Waals surface area (Å²) >= 11 is 0. The number of hydrogen-bond donors (Lipinski definition) is 2. The van der Waals surface area contributed by atoms with Gasteiger partial charge >= 0.3 is 0 Å². The Morgan fingerprint density at radius 2 is 1.34 bits per heavy atom. The first kappa shape index (κ1) is 47.0. The molecule has 7 aromatic rings. The Morgan fingerprint density at radius 3 is 1.92 bits per heavy atom. The molecule has 0 aliphatic rings. The van der Waals surface area contributed by atoms with Crippen LogP contribution in [0.1, 0.15) is 103 Å². The number of ketones is 1. The first-order valence-corrected chi connectivity index (χ1v) is 20.9. The van der Waals surface area contributed by atoms with Gasteiger partial charge in [0.05, 0.1) is 47.6 Å². The molecule has 0 bridgehead atoms. The third-order valence-electron chi connectivity index (χ3n) is 10.8. The molecular formula is C51H64FN7O3. The lowest BCUT2D eigenvalue weighted by Crippen LogP contribution is -2.28. The molecule has 0 fully saturated rings. The van der Waals surface area contributed by atoms with Gasteiger partial charge in [-0.15, -0.1) is 0 Å². The first-order valence-electron chi connectivity index (χ1n) is 20.9. The van der Waals surface area contributed by atoms with Crippen molar-refractivity contribution in [2.24, 2.45) is 5.41 Å². The first-order chi connectivity index (χ1) is 28.7. The number of hydrogen-bond acceptors (Lipinski definition) is 7. The largest absolute Gasteiger partial charge is 0.457 e. The number of carbonyl (C=O) groups excluding carboxylic acids is 1. The fraction of sp³-hybridized carbons (Fsp3) is 0.373. The van der Waals surface area contributed by atoms with Gasteiger partial charge in [0.2, 0.25) is 0 Å². The van der Waals surface area contributed by atoms with E-state index in [4.69, 9.17) is 15.6 Å². The monoisotopic (exact) mass is 842 g/mol. The zero-order chi connectivity index (χ0) is 44.3. The van der Waals surface area contributed by atoms with Crippen molar-refractivity contribution in [2.75, 3.05) is 12.3 Å². The van der Waals surface area contributed by atoms with Gasteiger partial charge in [-0.25, -0.2) is 13.8 Å². The summed E-state index contributed by atoms with van der Waals surface area (Å²) in [4.78, 5) is 13.7.